The predicted octanol–water partition coefficient (Wildman–Crippen LogP) is 5.51. The summed E-state index contributed by atoms with van der Waals surface area (Å²) in [6, 6.07) is 14.9. The molecule has 2 aromatic carbocycles. The van der Waals surface area contributed by atoms with Crippen molar-refractivity contribution in [2.45, 2.75) is 58.2 Å². The second kappa shape index (κ2) is 8.14. The molecule has 0 heterocycles. The predicted molar refractivity (Wildman–Crippen MR) is 118 cm³/mol. The van der Waals surface area contributed by atoms with Gasteiger partial charge in [-0.3, -0.25) is 0 Å². The van der Waals surface area contributed by atoms with Gasteiger partial charge in [0.2, 0.25) is 0 Å². The highest BCUT2D eigenvalue weighted by Crippen LogP contribution is 2.59. The van der Waals surface area contributed by atoms with Gasteiger partial charge in [0.05, 0.1) is 11.1 Å². The summed E-state index contributed by atoms with van der Waals surface area (Å²) in [5.41, 5.74) is 3.31. The van der Waals surface area contributed by atoms with Crippen molar-refractivity contribution in [3.63, 3.8) is 0 Å². The Morgan fingerprint density at radius 1 is 0.645 bits per heavy atom. The van der Waals surface area contributed by atoms with Gasteiger partial charge >= 0.3 is 11.9 Å². The summed E-state index contributed by atoms with van der Waals surface area (Å²) >= 11 is 0. The average molecular weight is 419 g/mol. The highest BCUT2D eigenvalue weighted by Gasteiger charge is 2.61. The zero-order valence-electron chi connectivity index (χ0n) is 18.3. The highest BCUT2D eigenvalue weighted by molar-refractivity contribution is 5.90. The zero-order valence-corrected chi connectivity index (χ0v) is 18.3. The van der Waals surface area contributed by atoms with Gasteiger partial charge in [-0.1, -0.05) is 48.2 Å². The number of carbonyl (C=O) groups excluding carboxylic acids is 2. The van der Waals surface area contributed by atoms with Crippen molar-refractivity contribution in [1.29, 1.82) is 0 Å². The first-order chi connectivity index (χ1) is 15.0. The molecule has 0 aliphatic heterocycles. The molecular formula is C27H30O4. The summed E-state index contributed by atoms with van der Waals surface area (Å²) in [5.74, 6) is 1.12. The van der Waals surface area contributed by atoms with E-state index in [0.29, 0.717) is 34.8 Å². The number of aryl methyl sites for hydroxylation is 2. The van der Waals surface area contributed by atoms with E-state index in [1.807, 2.05) is 62.4 Å². The molecule has 3 fully saturated rings. The Balaban J connectivity index is 1.38. The molecule has 0 spiro atoms. The smallest absolute Gasteiger partial charge is 0.338 e. The van der Waals surface area contributed by atoms with Crippen LogP contribution in [0.2, 0.25) is 0 Å². The van der Waals surface area contributed by atoms with Crippen LogP contribution in [0, 0.1) is 37.5 Å². The standard InChI is InChI=1S/C27H30O4/c1-16-7-11-18(12-8-16)26(28)30-24-22-15-23(21-6-4-3-5-20(21)22)25(24)31-27(29)19-13-9-17(2)10-14-19/h7-14,20-25H,3-6,15H2,1-2H3. The fourth-order valence-electron chi connectivity index (χ4n) is 6.23. The lowest BCUT2D eigenvalue weighted by molar-refractivity contribution is -0.0872. The van der Waals surface area contributed by atoms with Gasteiger partial charge in [-0.2, -0.15) is 0 Å². The Hall–Kier alpha value is -2.62. The van der Waals surface area contributed by atoms with Crippen LogP contribution in [0.5, 0.6) is 0 Å². The van der Waals surface area contributed by atoms with E-state index < -0.39 is 0 Å². The van der Waals surface area contributed by atoms with Crippen molar-refractivity contribution in [3.8, 4) is 0 Å². The maximum atomic E-state index is 12.9. The SMILES string of the molecule is Cc1ccc(C(=O)OC2C3CC(C4CCCCC43)C2OC(=O)c2ccc(C)cc2)cc1. The van der Waals surface area contributed by atoms with E-state index in [0.717, 1.165) is 17.5 Å². The number of ether oxygens (including phenoxy) is 2. The number of benzene rings is 2. The third-order valence-electron chi connectivity index (χ3n) is 7.75. The van der Waals surface area contributed by atoms with Crippen LogP contribution in [-0.2, 0) is 9.47 Å². The van der Waals surface area contributed by atoms with Gasteiger partial charge in [-0.15, -0.1) is 0 Å². The Kier molecular flexibility index (Phi) is 5.33. The molecule has 6 atom stereocenters. The maximum Gasteiger partial charge on any atom is 0.338 e. The van der Waals surface area contributed by atoms with E-state index >= 15 is 0 Å². The summed E-state index contributed by atoms with van der Waals surface area (Å²) in [7, 11) is 0. The van der Waals surface area contributed by atoms with E-state index in [4.69, 9.17) is 9.47 Å². The van der Waals surface area contributed by atoms with Crippen LogP contribution in [0.15, 0.2) is 48.5 Å². The van der Waals surface area contributed by atoms with Gasteiger partial charge in [0, 0.05) is 11.8 Å². The second-order valence-corrected chi connectivity index (χ2v) is 9.65. The summed E-state index contributed by atoms with van der Waals surface area (Å²) < 4.78 is 12.1. The normalized spacial score (nSPS) is 31.2. The van der Waals surface area contributed by atoms with Gasteiger partial charge in [-0.25, -0.2) is 9.59 Å². The molecular weight excluding hydrogens is 388 g/mol. The van der Waals surface area contributed by atoms with Crippen LogP contribution in [0.25, 0.3) is 0 Å². The second-order valence-electron chi connectivity index (χ2n) is 9.65. The maximum absolute atomic E-state index is 12.9. The summed E-state index contributed by atoms with van der Waals surface area (Å²) in [6.07, 6.45) is 5.17. The lowest BCUT2D eigenvalue weighted by Gasteiger charge is -2.42. The molecule has 2 bridgehead atoms. The van der Waals surface area contributed by atoms with Crippen LogP contribution >= 0.6 is 0 Å². The van der Waals surface area contributed by atoms with Crippen LogP contribution in [-0.4, -0.2) is 24.1 Å². The molecule has 3 aliphatic carbocycles. The minimum atomic E-state index is -0.354. The van der Waals surface area contributed by atoms with Crippen molar-refractivity contribution in [3.05, 3.63) is 70.8 Å². The minimum Gasteiger partial charge on any atom is -0.455 e. The van der Waals surface area contributed by atoms with E-state index in [9.17, 15) is 9.59 Å². The van der Waals surface area contributed by atoms with Crippen LogP contribution < -0.4 is 0 Å². The van der Waals surface area contributed by atoms with E-state index in [1.54, 1.807) is 0 Å². The van der Waals surface area contributed by atoms with E-state index in [2.05, 4.69) is 0 Å². The molecule has 0 N–H and O–H groups in total. The molecule has 2 aromatic rings. The first kappa shape index (κ1) is 20.3. The highest BCUT2D eigenvalue weighted by atomic mass is 16.6. The molecule has 0 radical (unpaired) electrons. The molecule has 4 nitrogen and oxygen atoms in total. The molecule has 31 heavy (non-hydrogen) atoms. The largest absolute Gasteiger partial charge is 0.455 e. The van der Waals surface area contributed by atoms with Crippen LogP contribution in [0.4, 0.5) is 0 Å². The fourth-order valence-corrected chi connectivity index (χ4v) is 6.23. The topological polar surface area (TPSA) is 52.6 Å². The van der Waals surface area contributed by atoms with Crippen molar-refractivity contribution in [2.75, 3.05) is 0 Å². The van der Waals surface area contributed by atoms with Gasteiger partial charge in [0.25, 0.3) is 0 Å². The van der Waals surface area contributed by atoms with Crippen molar-refractivity contribution in [2.24, 2.45) is 23.7 Å². The molecule has 3 aliphatic rings. The Bertz CT molecular complexity index is 882. The zero-order chi connectivity index (χ0) is 21.5. The Labute approximate surface area is 183 Å². The van der Waals surface area contributed by atoms with Crippen molar-refractivity contribution >= 4 is 11.9 Å². The number of hydrogen-bond donors (Lipinski definition) is 0. The van der Waals surface area contributed by atoms with Crippen molar-refractivity contribution in [1.82, 2.24) is 0 Å². The average Bonchev–Trinajstić information content (AvgIpc) is 3.32. The molecule has 4 heteroatoms. The molecule has 162 valence electrons. The molecule has 0 amide bonds. The van der Waals surface area contributed by atoms with Gasteiger partial charge in [0.1, 0.15) is 12.2 Å². The molecule has 0 aromatic heterocycles. The summed E-state index contributed by atoms with van der Waals surface area (Å²) in [4.78, 5) is 25.8. The number of fused-ring (bicyclic) bond motifs is 5. The summed E-state index contributed by atoms with van der Waals surface area (Å²) in [6.45, 7) is 3.99. The quantitative estimate of drug-likeness (QED) is 0.614. The molecule has 3 saturated carbocycles. The Morgan fingerprint density at radius 3 is 1.42 bits per heavy atom. The van der Waals surface area contributed by atoms with Gasteiger partial charge in [0.15, 0.2) is 0 Å². The number of carbonyl (C=O) groups is 2. The fraction of sp³-hybridized carbons (Fsp3) is 0.481. The first-order valence-electron chi connectivity index (χ1n) is 11.6. The van der Waals surface area contributed by atoms with Gasteiger partial charge < -0.3 is 9.47 Å². The van der Waals surface area contributed by atoms with E-state index in [1.165, 1.54) is 25.7 Å². The third-order valence-corrected chi connectivity index (χ3v) is 7.75. The summed E-state index contributed by atoms with van der Waals surface area (Å²) in [5, 5.41) is 0. The number of rotatable bonds is 4. The van der Waals surface area contributed by atoms with Crippen molar-refractivity contribution < 1.29 is 19.1 Å². The van der Waals surface area contributed by atoms with E-state index in [-0.39, 0.29) is 24.1 Å². The molecule has 5 rings (SSSR count). The Morgan fingerprint density at radius 2 is 1.03 bits per heavy atom. The first-order valence-corrected chi connectivity index (χ1v) is 11.6. The monoisotopic (exact) mass is 418 g/mol. The molecule has 0 saturated heterocycles. The number of esters is 2. The van der Waals surface area contributed by atoms with Crippen LogP contribution in [0.1, 0.15) is 63.9 Å². The minimum absolute atomic E-state index is 0.292. The third kappa shape index (κ3) is 3.77. The lowest BCUT2D eigenvalue weighted by Crippen LogP contribution is -2.47. The van der Waals surface area contributed by atoms with Crippen LogP contribution in [0.3, 0.4) is 0 Å². The molecule has 6 unspecified atom stereocenters. The number of hydrogen-bond acceptors (Lipinski definition) is 4. The lowest BCUT2D eigenvalue weighted by atomic mass is 9.69. The van der Waals surface area contributed by atoms with Gasteiger partial charge in [-0.05, 0) is 69.2 Å².